The Hall–Kier alpha value is -2.10. The zero-order chi connectivity index (χ0) is 19.7. The highest BCUT2D eigenvalue weighted by Crippen LogP contribution is 2.38. The number of nitrogens with one attached hydrogen (secondary N) is 1. The minimum absolute atomic E-state index is 0.0630. The molecule has 0 bridgehead atoms. The van der Waals surface area contributed by atoms with Crippen LogP contribution in [-0.2, 0) is 4.74 Å². The van der Waals surface area contributed by atoms with Crippen LogP contribution in [0.25, 0.3) is 11.0 Å². The van der Waals surface area contributed by atoms with Crippen LogP contribution < -0.4 is 5.69 Å². The molecule has 6 nitrogen and oxygen atoms in total. The summed E-state index contributed by atoms with van der Waals surface area (Å²) in [6.45, 7) is 7.30. The molecule has 1 saturated carbocycles. The molecule has 2 heterocycles. The molecule has 2 fully saturated rings. The number of piperidine rings is 1. The summed E-state index contributed by atoms with van der Waals surface area (Å²) in [6.07, 6.45) is 7.01. The lowest BCUT2D eigenvalue weighted by atomic mass is 9.79. The van der Waals surface area contributed by atoms with Crippen LogP contribution in [0.5, 0.6) is 0 Å². The Kier molecular flexibility index (Phi) is 5.31. The topological polar surface area (TPSA) is 74.0 Å². The molecule has 1 aliphatic heterocycles. The smallest absolute Gasteiger partial charge is 0.326 e. The number of rotatable bonds is 4. The maximum atomic E-state index is 12.6. The van der Waals surface area contributed by atoms with E-state index in [1.54, 1.807) is 6.07 Å². The molecule has 1 aliphatic carbocycles. The van der Waals surface area contributed by atoms with Gasteiger partial charge in [0.05, 0.1) is 28.8 Å². The van der Waals surface area contributed by atoms with Crippen LogP contribution in [0.3, 0.4) is 0 Å². The third-order valence-corrected chi connectivity index (χ3v) is 6.85. The minimum Gasteiger partial charge on any atom is -0.379 e. The molecule has 1 aromatic heterocycles. The van der Waals surface area contributed by atoms with Crippen LogP contribution in [0, 0.1) is 11.3 Å². The van der Waals surface area contributed by atoms with Gasteiger partial charge in [-0.2, -0.15) is 5.26 Å². The lowest BCUT2D eigenvalue weighted by Gasteiger charge is -2.48. The van der Waals surface area contributed by atoms with Crippen LogP contribution in [0.15, 0.2) is 23.0 Å². The fourth-order valence-electron chi connectivity index (χ4n) is 5.15. The molecule has 0 spiro atoms. The second-order valence-corrected chi connectivity index (χ2v) is 8.51. The molecule has 6 heteroatoms. The predicted molar refractivity (Wildman–Crippen MR) is 109 cm³/mol. The summed E-state index contributed by atoms with van der Waals surface area (Å²) in [5.41, 5.74) is 2.44. The summed E-state index contributed by atoms with van der Waals surface area (Å²) in [4.78, 5) is 18.2. The molecular formula is C22H30N4O2. The number of nitriles is 1. The molecule has 2 aliphatic rings. The number of benzene rings is 1. The molecule has 28 heavy (non-hydrogen) atoms. The zero-order valence-corrected chi connectivity index (χ0v) is 16.9. The number of ether oxygens (including phenoxy) is 1. The fourth-order valence-corrected chi connectivity index (χ4v) is 5.15. The van der Waals surface area contributed by atoms with Gasteiger partial charge in [-0.3, -0.25) is 9.47 Å². The van der Waals surface area contributed by atoms with Gasteiger partial charge in [0.25, 0.3) is 0 Å². The molecule has 1 saturated heterocycles. The normalized spacial score (nSPS) is 27.1. The first-order valence-corrected chi connectivity index (χ1v) is 10.5. The van der Waals surface area contributed by atoms with Gasteiger partial charge in [0.1, 0.15) is 0 Å². The lowest BCUT2D eigenvalue weighted by Crippen LogP contribution is -2.53. The van der Waals surface area contributed by atoms with E-state index in [0.29, 0.717) is 11.7 Å². The number of fused-ring (bicyclic) bond motifs is 1. The van der Waals surface area contributed by atoms with E-state index in [9.17, 15) is 10.1 Å². The number of H-pyrrole nitrogens is 1. The van der Waals surface area contributed by atoms with Gasteiger partial charge >= 0.3 is 5.69 Å². The number of aromatic nitrogens is 2. The Balaban J connectivity index is 1.46. The molecule has 1 aromatic carbocycles. The van der Waals surface area contributed by atoms with Crippen LogP contribution in [0.4, 0.5) is 0 Å². The molecule has 4 rings (SSSR count). The monoisotopic (exact) mass is 382 g/mol. The van der Waals surface area contributed by atoms with E-state index in [2.05, 4.69) is 29.8 Å². The van der Waals surface area contributed by atoms with Crippen LogP contribution in [0.1, 0.15) is 64.0 Å². The molecule has 0 amide bonds. The van der Waals surface area contributed by atoms with E-state index in [1.165, 1.54) is 12.8 Å². The Labute approximate surface area is 166 Å². The molecule has 150 valence electrons. The Morgan fingerprint density at radius 1 is 1.25 bits per heavy atom. The average molecular weight is 383 g/mol. The van der Waals surface area contributed by atoms with Crippen molar-refractivity contribution in [1.82, 2.24) is 14.5 Å². The van der Waals surface area contributed by atoms with E-state index in [1.807, 2.05) is 16.7 Å². The van der Waals surface area contributed by atoms with Gasteiger partial charge in [-0.1, -0.05) is 0 Å². The largest absolute Gasteiger partial charge is 0.379 e. The van der Waals surface area contributed by atoms with Gasteiger partial charge in [0.2, 0.25) is 0 Å². The Bertz CT molecular complexity index is 922. The van der Waals surface area contributed by atoms with Gasteiger partial charge in [-0.15, -0.1) is 0 Å². The van der Waals surface area contributed by atoms with Gasteiger partial charge in [-0.25, -0.2) is 4.79 Å². The van der Waals surface area contributed by atoms with Crippen LogP contribution in [-0.4, -0.2) is 45.8 Å². The summed E-state index contributed by atoms with van der Waals surface area (Å²) in [5, 5.41) is 9.20. The van der Waals surface area contributed by atoms with Crippen molar-refractivity contribution in [2.24, 2.45) is 0 Å². The third-order valence-electron chi connectivity index (χ3n) is 6.85. The number of aromatic amines is 1. The molecule has 0 unspecified atom stereocenters. The second kappa shape index (κ2) is 7.73. The summed E-state index contributed by atoms with van der Waals surface area (Å²) < 4.78 is 7.70. The highest BCUT2D eigenvalue weighted by Gasteiger charge is 2.38. The number of imidazole rings is 1. The van der Waals surface area contributed by atoms with Crippen molar-refractivity contribution in [3.05, 3.63) is 34.2 Å². The second-order valence-electron chi connectivity index (χ2n) is 8.51. The Morgan fingerprint density at radius 2 is 1.96 bits per heavy atom. The highest BCUT2D eigenvalue weighted by atomic mass is 16.5. The van der Waals surface area contributed by atoms with E-state index in [-0.39, 0.29) is 17.3 Å². The van der Waals surface area contributed by atoms with Crippen LogP contribution >= 0.6 is 0 Å². The molecule has 0 radical (unpaired) electrons. The van der Waals surface area contributed by atoms with E-state index < -0.39 is 0 Å². The zero-order valence-electron chi connectivity index (χ0n) is 16.9. The van der Waals surface area contributed by atoms with Crippen LogP contribution in [0.2, 0.25) is 0 Å². The standard InChI is InChI=1S/C22H30N4O2/c1-3-28-18-6-10-22(2,11-7-18)25-12-8-17(9-13-25)26-20-14-16(15-23)4-5-19(20)24-21(26)27/h4-5,14,17-18H,3,6-13H2,1-2H3,(H,24,27)/t18-,22-. The van der Waals surface area contributed by atoms with E-state index in [0.717, 1.165) is 56.4 Å². The SMILES string of the molecule is CCO[C@H]1CC[C@](C)(N2CCC(n3c(=O)[nH]c4ccc(C#N)cc43)CC2)CC1. The number of hydrogen-bond donors (Lipinski definition) is 1. The van der Waals surface area contributed by atoms with Gasteiger partial charge in [-0.05, 0) is 70.6 Å². The predicted octanol–water partition coefficient (Wildman–Crippen LogP) is 3.58. The van der Waals surface area contributed by atoms with Crippen molar-refractivity contribution in [1.29, 1.82) is 5.26 Å². The van der Waals surface area contributed by atoms with Crippen molar-refractivity contribution in [3.8, 4) is 6.07 Å². The van der Waals surface area contributed by atoms with E-state index >= 15 is 0 Å². The lowest BCUT2D eigenvalue weighted by molar-refractivity contribution is -0.0273. The number of likely N-dealkylation sites (tertiary alicyclic amines) is 1. The van der Waals surface area contributed by atoms with Crippen molar-refractivity contribution in [3.63, 3.8) is 0 Å². The van der Waals surface area contributed by atoms with Gasteiger partial charge < -0.3 is 9.72 Å². The Morgan fingerprint density at radius 3 is 2.61 bits per heavy atom. The van der Waals surface area contributed by atoms with Crippen molar-refractivity contribution in [2.75, 3.05) is 19.7 Å². The molecular weight excluding hydrogens is 352 g/mol. The van der Waals surface area contributed by atoms with Gasteiger partial charge in [0.15, 0.2) is 0 Å². The highest BCUT2D eigenvalue weighted by molar-refractivity contribution is 5.77. The molecule has 0 atom stereocenters. The first-order chi connectivity index (χ1) is 13.5. The maximum Gasteiger partial charge on any atom is 0.326 e. The van der Waals surface area contributed by atoms with Gasteiger partial charge in [0, 0.05) is 31.3 Å². The third kappa shape index (κ3) is 3.49. The van der Waals surface area contributed by atoms with Crippen molar-refractivity contribution in [2.45, 2.75) is 70.1 Å². The van der Waals surface area contributed by atoms with Crippen molar-refractivity contribution >= 4 is 11.0 Å². The maximum absolute atomic E-state index is 12.6. The first-order valence-electron chi connectivity index (χ1n) is 10.5. The quantitative estimate of drug-likeness (QED) is 0.877. The summed E-state index contributed by atoms with van der Waals surface area (Å²) in [6, 6.07) is 7.78. The van der Waals surface area contributed by atoms with E-state index in [4.69, 9.17) is 4.74 Å². The molecule has 2 aromatic rings. The number of nitrogens with zero attached hydrogens (tertiary/aromatic N) is 3. The number of hydrogen-bond acceptors (Lipinski definition) is 4. The average Bonchev–Trinajstić information content (AvgIpc) is 3.05. The summed E-state index contributed by atoms with van der Waals surface area (Å²) >= 11 is 0. The minimum atomic E-state index is -0.0630. The van der Waals surface area contributed by atoms with Crippen molar-refractivity contribution < 1.29 is 4.74 Å². The molecule has 1 N–H and O–H groups in total. The first kappa shape index (κ1) is 19.2. The summed E-state index contributed by atoms with van der Waals surface area (Å²) in [7, 11) is 0. The summed E-state index contributed by atoms with van der Waals surface area (Å²) in [5.74, 6) is 0. The fraction of sp³-hybridized carbons (Fsp3) is 0.636.